The van der Waals surface area contributed by atoms with Crippen molar-refractivity contribution in [3.8, 4) is 0 Å². The van der Waals surface area contributed by atoms with Crippen LogP contribution in [0.5, 0.6) is 0 Å². The van der Waals surface area contributed by atoms with Crippen molar-refractivity contribution in [3.05, 3.63) is 22.8 Å². The Morgan fingerprint density at radius 2 is 2.18 bits per heavy atom. The predicted molar refractivity (Wildman–Crippen MR) is 67.5 cm³/mol. The number of hydrogen-bond donors (Lipinski definition) is 0. The predicted octanol–water partition coefficient (Wildman–Crippen LogP) is 1.52. The third-order valence-electron chi connectivity index (χ3n) is 2.46. The van der Waals surface area contributed by atoms with E-state index < -0.39 is 14.3 Å². The Labute approximate surface area is 111 Å². The molecule has 0 bridgehead atoms. The van der Waals surface area contributed by atoms with Crippen LogP contribution in [0.15, 0.2) is 22.8 Å². The Hall–Kier alpha value is -0.660. The number of pyridine rings is 1. The summed E-state index contributed by atoms with van der Waals surface area (Å²) in [5, 5.41) is -0.863. The van der Waals surface area contributed by atoms with E-state index >= 15 is 0 Å². The van der Waals surface area contributed by atoms with Crippen molar-refractivity contribution in [1.29, 1.82) is 0 Å². The zero-order valence-electron chi connectivity index (χ0n) is 8.51. The van der Waals surface area contributed by atoms with E-state index in [9.17, 15) is 13.2 Å². The topological polar surface area (TPSA) is 67.3 Å². The maximum Gasteiger partial charge on any atom is 0.237 e. The molecule has 0 aliphatic carbocycles. The molecule has 1 fully saturated rings. The summed E-state index contributed by atoms with van der Waals surface area (Å²) >= 11 is 3.19. The minimum absolute atomic E-state index is 0.0497. The van der Waals surface area contributed by atoms with E-state index in [1.165, 1.54) is 4.90 Å². The van der Waals surface area contributed by atoms with E-state index in [0.29, 0.717) is 10.4 Å². The van der Waals surface area contributed by atoms with Gasteiger partial charge in [-0.15, -0.1) is 0 Å². The number of aromatic nitrogens is 1. The molecule has 1 amide bonds. The van der Waals surface area contributed by atoms with E-state index in [2.05, 4.69) is 20.9 Å². The van der Waals surface area contributed by atoms with Crippen molar-refractivity contribution >= 4 is 47.4 Å². The number of carbonyl (C=O) groups is 1. The zero-order chi connectivity index (χ0) is 12.6. The Kier molecular flexibility index (Phi) is 3.42. The van der Waals surface area contributed by atoms with E-state index in [1.807, 2.05) is 0 Å². The number of carbonyl (C=O) groups excluding carboxylic acids is 1. The van der Waals surface area contributed by atoms with Gasteiger partial charge in [-0.25, -0.2) is 13.4 Å². The lowest BCUT2D eigenvalue weighted by Crippen LogP contribution is -2.27. The number of anilines is 1. The molecule has 1 aliphatic heterocycles. The number of amides is 1. The highest BCUT2D eigenvalue weighted by atomic mass is 79.9. The Morgan fingerprint density at radius 3 is 2.71 bits per heavy atom. The molecule has 1 aromatic heterocycles. The van der Waals surface area contributed by atoms with Crippen molar-refractivity contribution in [2.24, 2.45) is 0 Å². The van der Waals surface area contributed by atoms with Gasteiger partial charge in [0.1, 0.15) is 15.7 Å². The van der Waals surface area contributed by atoms with Crippen molar-refractivity contribution in [2.45, 2.75) is 11.7 Å². The molecule has 0 N–H and O–H groups in total. The zero-order valence-corrected chi connectivity index (χ0v) is 11.7. The largest absolute Gasteiger partial charge is 0.295 e. The van der Waals surface area contributed by atoms with Crippen LogP contribution < -0.4 is 4.90 Å². The van der Waals surface area contributed by atoms with Crippen LogP contribution in [-0.2, 0) is 13.8 Å². The maximum absolute atomic E-state index is 11.7. The summed E-state index contributed by atoms with van der Waals surface area (Å²) in [5.74, 6) is 0.136. The lowest BCUT2D eigenvalue weighted by molar-refractivity contribution is -0.117. The second kappa shape index (κ2) is 4.55. The van der Waals surface area contributed by atoms with E-state index in [0.717, 1.165) is 0 Å². The normalized spacial score (nSPS) is 20.9. The third kappa shape index (κ3) is 2.78. The molecule has 17 heavy (non-hydrogen) atoms. The fourth-order valence-corrected chi connectivity index (χ4v) is 2.99. The first-order chi connectivity index (χ1) is 7.88. The van der Waals surface area contributed by atoms with Gasteiger partial charge in [0.25, 0.3) is 0 Å². The average molecular weight is 340 g/mol. The molecule has 5 nitrogen and oxygen atoms in total. The molecule has 1 aromatic rings. The molecule has 1 aliphatic rings. The summed E-state index contributed by atoms with van der Waals surface area (Å²) in [6, 6.07) is 5.09. The van der Waals surface area contributed by atoms with Crippen LogP contribution in [0.25, 0.3) is 0 Å². The fourth-order valence-electron chi connectivity index (χ4n) is 1.63. The van der Waals surface area contributed by atoms with Crippen molar-refractivity contribution in [2.75, 3.05) is 11.4 Å². The van der Waals surface area contributed by atoms with Gasteiger partial charge in [-0.05, 0) is 28.1 Å². The van der Waals surface area contributed by atoms with Gasteiger partial charge in [-0.3, -0.25) is 9.69 Å². The molecular weight excluding hydrogens is 332 g/mol. The van der Waals surface area contributed by atoms with Crippen LogP contribution in [0.3, 0.4) is 0 Å². The SMILES string of the molecule is O=C1CC(S(=O)(=O)Cl)CN1c1cccc(Br)n1. The first-order valence-electron chi connectivity index (χ1n) is 4.74. The summed E-state index contributed by atoms with van der Waals surface area (Å²) in [5.41, 5.74) is 0. The highest BCUT2D eigenvalue weighted by Gasteiger charge is 2.38. The standard InChI is InChI=1S/C9H8BrClN2O3S/c10-7-2-1-3-8(12-7)13-5-6(4-9(13)14)17(11,15)16/h1-3,6H,4-5H2. The van der Waals surface area contributed by atoms with Crippen LogP contribution in [0.2, 0.25) is 0 Å². The summed E-state index contributed by atoms with van der Waals surface area (Å²) in [4.78, 5) is 17.1. The van der Waals surface area contributed by atoms with E-state index in [4.69, 9.17) is 10.7 Å². The summed E-state index contributed by atoms with van der Waals surface area (Å²) in [7, 11) is 1.54. The molecule has 92 valence electrons. The number of nitrogens with zero attached hydrogens (tertiary/aromatic N) is 2. The molecule has 0 radical (unpaired) electrons. The Bertz CT molecular complexity index is 563. The minimum atomic E-state index is -3.72. The van der Waals surface area contributed by atoms with E-state index in [-0.39, 0.29) is 18.9 Å². The van der Waals surface area contributed by atoms with Crippen molar-refractivity contribution < 1.29 is 13.2 Å². The van der Waals surface area contributed by atoms with Gasteiger partial charge >= 0.3 is 0 Å². The first-order valence-corrected chi connectivity index (χ1v) is 7.91. The van der Waals surface area contributed by atoms with Crippen LogP contribution in [-0.4, -0.2) is 31.1 Å². The Balaban J connectivity index is 2.28. The molecule has 2 heterocycles. The van der Waals surface area contributed by atoms with Crippen LogP contribution in [0.1, 0.15) is 6.42 Å². The van der Waals surface area contributed by atoms with Gasteiger partial charge in [0.2, 0.25) is 15.0 Å². The highest BCUT2D eigenvalue weighted by Crippen LogP contribution is 2.26. The first kappa shape index (κ1) is 12.8. The van der Waals surface area contributed by atoms with Gasteiger partial charge in [0, 0.05) is 23.6 Å². The summed E-state index contributed by atoms with van der Waals surface area (Å²) in [6.45, 7) is 0.0497. The quantitative estimate of drug-likeness (QED) is 0.605. The van der Waals surface area contributed by atoms with Crippen LogP contribution in [0.4, 0.5) is 5.82 Å². The van der Waals surface area contributed by atoms with Gasteiger partial charge in [0.15, 0.2) is 0 Å². The highest BCUT2D eigenvalue weighted by molar-refractivity contribution is 9.10. The molecular formula is C9H8BrClN2O3S. The summed E-state index contributed by atoms with van der Waals surface area (Å²) < 4.78 is 22.9. The second-order valence-electron chi connectivity index (χ2n) is 3.62. The Morgan fingerprint density at radius 1 is 1.47 bits per heavy atom. The van der Waals surface area contributed by atoms with Crippen molar-refractivity contribution in [1.82, 2.24) is 4.98 Å². The van der Waals surface area contributed by atoms with Gasteiger partial charge in [-0.1, -0.05) is 6.07 Å². The van der Waals surface area contributed by atoms with E-state index in [1.54, 1.807) is 18.2 Å². The number of hydrogen-bond acceptors (Lipinski definition) is 4. The third-order valence-corrected chi connectivity index (χ3v) is 4.77. The molecule has 1 saturated heterocycles. The van der Waals surface area contributed by atoms with Crippen molar-refractivity contribution in [3.63, 3.8) is 0 Å². The lowest BCUT2D eigenvalue weighted by Gasteiger charge is -2.14. The molecule has 2 rings (SSSR count). The maximum atomic E-state index is 11.7. The van der Waals surface area contributed by atoms with Gasteiger partial charge < -0.3 is 0 Å². The molecule has 0 spiro atoms. The fraction of sp³-hybridized carbons (Fsp3) is 0.333. The molecule has 1 unspecified atom stereocenters. The number of halogens is 2. The lowest BCUT2D eigenvalue weighted by atomic mass is 10.4. The van der Waals surface area contributed by atoms with Gasteiger partial charge in [-0.2, -0.15) is 0 Å². The molecule has 0 saturated carbocycles. The molecule has 8 heteroatoms. The molecule has 1 atom stereocenters. The second-order valence-corrected chi connectivity index (χ2v) is 7.35. The average Bonchev–Trinajstić information content (AvgIpc) is 2.60. The monoisotopic (exact) mass is 338 g/mol. The van der Waals surface area contributed by atoms with Gasteiger partial charge in [0.05, 0.1) is 0 Å². The summed E-state index contributed by atoms with van der Waals surface area (Å²) in [6.07, 6.45) is -0.0972. The number of rotatable bonds is 2. The smallest absolute Gasteiger partial charge is 0.237 e. The van der Waals surface area contributed by atoms with Crippen LogP contribution in [0, 0.1) is 0 Å². The molecule has 0 aromatic carbocycles. The minimum Gasteiger partial charge on any atom is -0.295 e. The van der Waals surface area contributed by atoms with Crippen LogP contribution >= 0.6 is 26.6 Å².